The fraction of sp³-hybridized carbons (Fsp3) is 0. The van der Waals surface area contributed by atoms with Crippen LogP contribution in [0.2, 0.25) is 0 Å². The number of H-pyrrole nitrogens is 1. The Morgan fingerprint density at radius 3 is 2.43 bits per heavy atom. The number of aromatic nitrogens is 1. The average molecular weight is 413 g/mol. The summed E-state index contributed by atoms with van der Waals surface area (Å²) in [7, 11) is 0. The van der Waals surface area contributed by atoms with Crippen molar-refractivity contribution >= 4 is 51.4 Å². The molecule has 0 bridgehead atoms. The van der Waals surface area contributed by atoms with Gasteiger partial charge >= 0.3 is 5.76 Å². The van der Waals surface area contributed by atoms with Gasteiger partial charge in [0.15, 0.2) is 10.8 Å². The average Bonchev–Trinajstić information content (AvgIpc) is 3.27. The van der Waals surface area contributed by atoms with Crippen molar-refractivity contribution in [1.29, 1.82) is 0 Å². The van der Waals surface area contributed by atoms with E-state index in [1.807, 2.05) is 66.7 Å². The number of benzene rings is 3. The van der Waals surface area contributed by atoms with Crippen molar-refractivity contribution in [2.45, 2.75) is 0 Å². The molecule has 1 saturated heterocycles. The van der Waals surface area contributed by atoms with E-state index in [2.05, 4.69) is 4.98 Å². The summed E-state index contributed by atoms with van der Waals surface area (Å²) in [5.41, 5.74) is 3.34. The number of hydrogen-bond acceptors (Lipinski definition) is 5. The second-order valence-electron chi connectivity index (χ2n) is 6.59. The van der Waals surface area contributed by atoms with E-state index in [9.17, 15) is 9.59 Å². The van der Waals surface area contributed by atoms with Crippen molar-refractivity contribution in [1.82, 2.24) is 4.98 Å². The number of oxazole rings is 1. The number of aliphatic imine (C=N–C) groups is 1. The molecule has 1 aliphatic rings. The third-order valence-electron chi connectivity index (χ3n) is 4.54. The highest BCUT2D eigenvalue weighted by Crippen LogP contribution is 2.37. The number of aromatic amines is 1. The maximum Gasteiger partial charge on any atom is 0.417 e. The van der Waals surface area contributed by atoms with Crippen LogP contribution in [0.25, 0.3) is 17.2 Å². The molecular formula is C23H15N3O3S. The fourth-order valence-corrected chi connectivity index (χ4v) is 4.17. The summed E-state index contributed by atoms with van der Waals surface area (Å²) in [6.45, 7) is 0. The molecule has 5 rings (SSSR count). The van der Waals surface area contributed by atoms with E-state index in [4.69, 9.17) is 9.41 Å². The van der Waals surface area contributed by atoms with Gasteiger partial charge in [0.25, 0.3) is 5.91 Å². The van der Waals surface area contributed by atoms with Crippen LogP contribution in [0.15, 0.2) is 98.0 Å². The molecule has 7 heteroatoms. The lowest BCUT2D eigenvalue weighted by molar-refractivity contribution is -0.113. The van der Waals surface area contributed by atoms with Gasteiger partial charge < -0.3 is 4.42 Å². The van der Waals surface area contributed by atoms with E-state index in [1.54, 1.807) is 23.1 Å². The summed E-state index contributed by atoms with van der Waals surface area (Å²) in [4.78, 5) is 34.1. The van der Waals surface area contributed by atoms with Gasteiger partial charge in [0, 0.05) is 0 Å². The van der Waals surface area contributed by atoms with Gasteiger partial charge in [0.05, 0.1) is 21.8 Å². The lowest BCUT2D eigenvalue weighted by Crippen LogP contribution is -2.28. The number of thioether (sulfide) groups is 1. The zero-order valence-electron chi connectivity index (χ0n) is 15.6. The van der Waals surface area contributed by atoms with Crippen molar-refractivity contribution in [2.24, 2.45) is 4.99 Å². The van der Waals surface area contributed by atoms with Gasteiger partial charge in [-0.1, -0.05) is 42.5 Å². The Bertz CT molecular complexity index is 1350. The van der Waals surface area contributed by atoms with Gasteiger partial charge in [0.2, 0.25) is 0 Å². The molecule has 146 valence electrons. The van der Waals surface area contributed by atoms with Gasteiger partial charge in [-0.2, -0.15) is 0 Å². The normalized spacial score (nSPS) is 16.8. The third kappa shape index (κ3) is 3.46. The Morgan fingerprint density at radius 2 is 1.67 bits per heavy atom. The van der Waals surface area contributed by atoms with Gasteiger partial charge in [-0.15, -0.1) is 0 Å². The predicted octanol–water partition coefficient (Wildman–Crippen LogP) is 4.93. The molecule has 1 aliphatic heterocycles. The molecule has 0 aliphatic carbocycles. The number of amidine groups is 1. The van der Waals surface area contributed by atoms with Crippen molar-refractivity contribution in [3.05, 3.63) is 99.9 Å². The van der Waals surface area contributed by atoms with Gasteiger partial charge in [-0.05, 0) is 59.8 Å². The number of nitrogens with zero attached hydrogens (tertiary/aromatic N) is 2. The van der Waals surface area contributed by atoms with Crippen molar-refractivity contribution in [3.8, 4) is 0 Å². The maximum atomic E-state index is 13.3. The number of carbonyl (C=O) groups is 1. The Morgan fingerprint density at radius 1 is 0.933 bits per heavy atom. The van der Waals surface area contributed by atoms with Crippen LogP contribution in [0.1, 0.15) is 5.56 Å². The lowest BCUT2D eigenvalue weighted by Gasteiger charge is -2.15. The molecule has 2 heterocycles. The number of para-hydroxylation sites is 2. The Hall–Kier alpha value is -3.84. The third-order valence-corrected chi connectivity index (χ3v) is 5.51. The van der Waals surface area contributed by atoms with E-state index < -0.39 is 5.76 Å². The predicted molar refractivity (Wildman–Crippen MR) is 120 cm³/mol. The van der Waals surface area contributed by atoms with E-state index in [1.165, 1.54) is 11.8 Å². The topological polar surface area (TPSA) is 78.7 Å². The standard InChI is InChI=1S/C23H15N3O3S/c27-21-20(14-15-11-12-18-19(13-15)29-23(28)25-18)30-22(24-16-7-3-1-4-8-16)26(21)17-9-5-2-6-10-17/h1-14H,(H,25,28)/b20-14?,24-22-. The van der Waals surface area contributed by atoms with Gasteiger partial charge in [0.1, 0.15) is 0 Å². The minimum absolute atomic E-state index is 0.156. The molecule has 0 unspecified atom stereocenters. The number of carbonyl (C=O) groups excluding carboxylic acids is 1. The number of hydrogen-bond donors (Lipinski definition) is 1. The van der Waals surface area contributed by atoms with Crippen LogP contribution >= 0.6 is 11.8 Å². The summed E-state index contributed by atoms with van der Waals surface area (Å²) < 4.78 is 5.12. The molecule has 0 atom stereocenters. The van der Waals surface area contributed by atoms with Crippen LogP contribution in [0.5, 0.6) is 0 Å². The SMILES string of the molecule is O=C1C(=Cc2ccc3[nH]c(=O)oc3c2)S/C(=N\c2ccccc2)N1c1ccccc1. The number of rotatable bonds is 3. The molecular weight excluding hydrogens is 398 g/mol. The Balaban J connectivity index is 1.57. The molecule has 1 aromatic heterocycles. The molecule has 1 fully saturated rings. The summed E-state index contributed by atoms with van der Waals surface area (Å²) >= 11 is 1.31. The highest BCUT2D eigenvalue weighted by molar-refractivity contribution is 8.19. The van der Waals surface area contributed by atoms with E-state index >= 15 is 0 Å². The first-order valence-corrected chi connectivity index (χ1v) is 10.0. The minimum Gasteiger partial charge on any atom is -0.408 e. The maximum absolute atomic E-state index is 13.3. The zero-order chi connectivity index (χ0) is 20.5. The fourth-order valence-electron chi connectivity index (χ4n) is 3.17. The Labute approximate surface area is 175 Å². The van der Waals surface area contributed by atoms with Crippen LogP contribution in [-0.4, -0.2) is 16.1 Å². The first-order valence-electron chi connectivity index (χ1n) is 9.23. The second-order valence-corrected chi connectivity index (χ2v) is 7.60. The second kappa shape index (κ2) is 7.53. The minimum atomic E-state index is -0.506. The van der Waals surface area contributed by atoms with E-state index in [0.29, 0.717) is 21.2 Å². The summed E-state index contributed by atoms with van der Waals surface area (Å²) in [5, 5.41) is 0.581. The lowest BCUT2D eigenvalue weighted by atomic mass is 10.2. The monoisotopic (exact) mass is 413 g/mol. The van der Waals surface area contributed by atoms with Crippen LogP contribution in [0.3, 0.4) is 0 Å². The zero-order valence-corrected chi connectivity index (χ0v) is 16.4. The summed E-state index contributed by atoms with van der Waals surface area (Å²) in [6.07, 6.45) is 1.78. The first-order chi connectivity index (χ1) is 14.7. The van der Waals surface area contributed by atoms with Crippen molar-refractivity contribution < 1.29 is 9.21 Å². The highest BCUT2D eigenvalue weighted by atomic mass is 32.2. The smallest absolute Gasteiger partial charge is 0.408 e. The van der Waals surface area contributed by atoms with Crippen LogP contribution in [0.4, 0.5) is 11.4 Å². The number of amides is 1. The molecule has 30 heavy (non-hydrogen) atoms. The molecule has 1 amide bonds. The molecule has 0 radical (unpaired) electrons. The van der Waals surface area contributed by atoms with Crippen LogP contribution in [0, 0.1) is 0 Å². The number of fused-ring (bicyclic) bond motifs is 1. The van der Waals surface area contributed by atoms with Crippen LogP contribution in [-0.2, 0) is 4.79 Å². The van der Waals surface area contributed by atoms with Crippen LogP contribution < -0.4 is 10.7 Å². The van der Waals surface area contributed by atoms with E-state index in [0.717, 1.165) is 16.9 Å². The molecule has 1 N–H and O–H groups in total. The molecule has 6 nitrogen and oxygen atoms in total. The largest absolute Gasteiger partial charge is 0.417 e. The van der Waals surface area contributed by atoms with Gasteiger partial charge in [-0.25, -0.2) is 9.79 Å². The van der Waals surface area contributed by atoms with Gasteiger partial charge in [-0.3, -0.25) is 14.7 Å². The number of nitrogens with one attached hydrogen (secondary N) is 1. The van der Waals surface area contributed by atoms with Crippen molar-refractivity contribution in [3.63, 3.8) is 0 Å². The summed E-state index contributed by atoms with van der Waals surface area (Å²) in [6, 6.07) is 24.3. The number of anilines is 1. The highest BCUT2D eigenvalue weighted by Gasteiger charge is 2.34. The molecule has 0 spiro atoms. The Kier molecular flexibility index (Phi) is 4.57. The molecule has 0 saturated carbocycles. The molecule has 4 aromatic rings. The van der Waals surface area contributed by atoms with Crippen molar-refractivity contribution in [2.75, 3.05) is 4.90 Å². The first kappa shape index (κ1) is 18.2. The molecule has 3 aromatic carbocycles. The summed E-state index contributed by atoms with van der Waals surface area (Å²) in [5.74, 6) is -0.662. The van der Waals surface area contributed by atoms with E-state index in [-0.39, 0.29) is 5.91 Å². The quantitative estimate of drug-likeness (QED) is 0.483.